The number of thiophene rings is 1. The molecule has 1 N–H and O–H groups in total. The Labute approximate surface area is 113 Å². The van der Waals surface area contributed by atoms with Gasteiger partial charge >= 0.3 is 0 Å². The molecule has 2 unspecified atom stereocenters. The van der Waals surface area contributed by atoms with Gasteiger partial charge in [0.25, 0.3) is 0 Å². The number of fused-ring (bicyclic) bond motifs is 1. The lowest BCUT2D eigenvalue weighted by molar-refractivity contribution is 0.276. The minimum absolute atomic E-state index is 0.577. The summed E-state index contributed by atoms with van der Waals surface area (Å²) in [6.07, 6.45) is 1.30. The van der Waals surface area contributed by atoms with Crippen LogP contribution in [0.4, 0.5) is 0 Å². The number of nitrogens with one attached hydrogen (secondary N) is 1. The van der Waals surface area contributed by atoms with E-state index in [0.29, 0.717) is 6.04 Å². The van der Waals surface area contributed by atoms with Gasteiger partial charge < -0.3 is 5.32 Å². The average molecular weight is 260 g/mol. The zero-order valence-electron chi connectivity index (χ0n) is 11.0. The van der Waals surface area contributed by atoms with E-state index in [2.05, 4.69) is 54.0 Å². The Morgan fingerprint density at radius 1 is 1.39 bits per heavy atom. The SMILES string of the molecule is CNCC1CCN(C)C1c1csc2ccccc12. The molecular formula is C15H20N2S. The lowest BCUT2D eigenvalue weighted by Crippen LogP contribution is -2.26. The molecular weight excluding hydrogens is 240 g/mol. The first-order valence-electron chi connectivity index (χ1n) is 6.62. The Hall–Kier alpha value is -0.900. The van der Waals surface area contributed by atoms with E-state index in [4.69, 9.17) is 0 Å². The molecule has 0 radical (unpaired) electrons. The Kier molecular flexibility index (Phi) is 3.37. The van der Waals surface area contributed by atoms with Crippen LogP contribution in [0.25, 0.3) is 10.1 Å². The van der Waals surface area contributed by atoms with E-state index in [0.717, 1.165) is 12.5 Å². The van der Waals surface area contributed by atoms with Crippen molar-refractivity contribution in [1.29, 1.82) is 0 Å². The second-order valence-corrected chi connectivity index (χ2v) is 6.13. The third-order valence-corrected chi connectivity index (χ3v) is 5.05. The Bertz CT molecular complexity index is 532. The van der Waals surface area contributed by atoms with E-state index in [1.807, 2.05) is 11.3 Å². The van der Waals surface area contributed by atoms with Crippen molar-refractivity contribution in [2.24, 2.45) is 5.92 Å². The highest BCUT2D eigenvalue weighted by molar-refractivity contribution is 7.17. The van der Waals surface area contributed by atoms with Crippen LogP contribution in [0.2, 0.25) is 0 Å². The van der Waals surface area contributed by atoms with Gasteiger partial charge in [0.1, 0.15) is 0 Å². The maximum atomic E-state index is 3.35. The van der Waals surface area contributed by atoms with E-state index in [1.54, 1.807) is 0 Å². The minimum atomic E-state index is 0.577. The summed E-state index contributed by atoms with van der Waals surface area (Å²) in [7, 11) is 4.31. The molecule has 1 aliphatic rings. The predicted octanol–water partition coefficient (Wildman–Crippen LogP) is 3.11. The topological polar surface area (TPSA) is 15.3 Å². The standard InChI is InChI=1S/C15H20N2S/c1-16-9-11-7-8-17(2)15(11)13-10-18-14-6-4-3-5-12(13)14/h3-6,10-11,15-16H,7-9H2,1-2H3. The highest BCUT2D eigenvalue weighted by Crippen LogP contribution is 2.41. The van der Waals surface area contributed by atoms with Gasteiger partial charge in [-0.05, 0) is 61.9 Å². The van der Waals surface area contributed by atoms with Gasteiger partial charge in [-0.15, -0.1) is 11.3 Å². The molecule has 2 atom stereocenters. The third-order valence-electron chi connectivity index (χ3n) is 4.07. The smallest absolute Gasteiger partial charge is 0.0400 e. The Morgan fingerprint density at radius 2 is 2.22 bits per heavy atom. The summed E-state index contributed by atoms with van der Waals surface area (Å²) in [6, 6.07) is 9.36. The van der Waals surface area contributed by atoms with Crippen molar-refractivity contribution >= 4 is 21.4 Å². The van der Waals surface area contributed by atoms with E-state index >= 15 is 0 Å². The highest BCUT2D eigenvalue weighted by atomic mass is 32.1. The summed E-state index contributed by atoms with van der Waals surface area (Å²) in [5, 5.41) is 7.15. The fourth-order valence-corrected chi connectivity index (χ4v) is 4.21. The number of nitrogens with zero attached hydrogens (tertiary/aromatic N) is 1. The molecule has 0 bridgehead atoms. The van der Waals surface area contributed by atoms with Gasteiger partial charge in [-0.1, -0.05) is 18.2 Å². The van der Waals surface area contributed by atoms with Gasteiger partial charge in [0, 0.05) is 10.7 Å². The van der Waals surface area contributed by atoms with Crippen molar-refractivity contribution in [2.45, 2.75) is 12.5 Å². The van der Waals surface area contributed by atoms with Gasteiger partial charge in [0.05, 0.1) is 0 Å². The molecule has 2 aromatic rings. The van der Waals surface area contributed by atoms with E-state index in [1.165, 1.54) is 28.6 Å². The van der Waals surface area contributed by atoms with Crippen molar-refractivity contribution < 1.29 is 0 Å². The first kappa shape index (κ1) is 12.2. The molecule has 3 heteroatoms. The van der Waals surface area contributed by atoms with Gasteiger partial charge in [-0.3, -0.25) is 4.90 Å². The molecule has 18 heavy (non-hydrogen) atoms. The number of likely N-dealkylation sites (tertiary alicyclic amines) is 1. The molecule has 0 saturated carbocycles. The van der Waals surface area contributed by atoms with Crippen LogP contribution in [0.5, 0.6) is 0 Å². The van der Waals surface area contributed by atoms with Crippen molar-refractivity contribution in [3.05, 3.63) is 35.2 Å². The fraction of sp³-hybridized carbons (Fsp3) is 0.467. The monoisotopic (exact) mass is 260 g/mol. The van der Waals surface area contributed by atoms with Crippen molar-refractivity contribution in [3.63, 3.8) is 0 Å². The number of benzene rings is 1. The molecule has 1 aromatic heterocycles. The molecule has 0 amide bonds. The van der Waals surface area contributed by atoms with Crippen molar-refractivity contribution in [2.75, 3.05) is 27.2 Å². The second kappa shape index (κ2) is 5.00. The molecule has 0 spiro atoms. The molecule has 1 aromatic carbocycles. The molecule has 1 aliphatic heterocycles. The average Bonchev–Trinajstić information content (AvgIpc) is 2.94. The normalized spacial score (nSPS) is 25.0. The summed E-state index contributed by atoms with van der Waals surface area (Å²) < 4.78 is 1.41. The largest absolute Gasteiger partial charge is 0.319 e. The molecule has 1 saturated heterocycles. The van der Waals surface area contributed by atoms with Gasteiger partial charge in [-0.2, -0.15) is 0 Å². The zero-order valence-corrected chi connectivity index (χ0v) is 11.8. The fourth-order valence-electron chi connectivity index (χ4n) is 3.22. The summed E-state index contributed by atoms with van der Waals surface area (Å²) in [5.41, 5.74) is 1.52. The van der Waals surface area contributed by atoms with Crippen LogP contribution < -0.4 is 5.32 Å². The van der Waals surface area contributed by atoms with Gasteiger partial charge in [-0.25, -0.2) is 0 Å². The van der Waals surface area contributed by atoms with Gasteiger partial charge in [0.2, 0.25) is 0 Å². The summed E-state index contributed by atoms with van der Waals surface area (Å²) in [5.74, 6) is 0.734. The zero-order chi connectivity index (χ0) is 12.5. The molecule has 2 heterocycles. The predicted molar refractivity (Wildman–Crippen MR) is 79.2 cm³/mol. The van der Waals surface area contributed by atoms with Crippen LogP contribution in [0.15, 0.2) is 29.6 Å². The second-order valence-electron chi connectivity index (χ2n) is 5.22. The molecule has 1 fully saturated rings. The number of hydrogen-bond donors (Lipinski definition) is 1. The van der Waals surface area contributed by atoms with Crippen LogP contribution in [-0.4, -0.2) is 32.1 Å². The maximum Gasteiger partial charge on any atom is 0.0400 e. The number of rotatable bonds is 3. The van der Waals surface area contributed by atoms with Crippen LogP contribution in [0, 0.1) is 5.92 Å². The number of hydrogen-bond acceptors (Lipinski definition) is 3. The first-order valence-corrected chi connectivity index (χ1v) is 7.50. The van der Waals surface area contributed by atoms with Crippen LogP contribution in [-0.2, 0) is 0 Å². The van der Waals surface area contributed by atoms with Gasteiger partial charge in [0.15, 0.2) is 0 Å². The van der Waals surface area contributed by atoms with Crippen LogP contribution in [0.3, 0.4) is 0 Å². The lowest BCUT2D eigenvalue weighted by Gasteiger charge is -2.25. The van der Waals surface area contributed by atoms with E-state index in [9.17, 15) is 0 Å². The molecule has 0 aliphatic carbocycles. The summed E-state index contributed by atoms with van der Waals surface area (Å²) in [6.45, 7) is 2.32. The summed E-state index contributed by atoms with van der Waals surface area (Å²) >= 11 is 1.88. The minimum Gasteiger partial charge on any atom is -0.319 e. The lowest BCUT2D eigenvalue weighted by atomic mass is 9.93. The van der Waals surface area contributed by atoms with Crippen molar-refractivity contribution in [1.82, 2.24) is 10.2 Å². The van der Waals surface area contributed by atoms with Crippen molar-refractivity contribution in [3.8, 4) is 0 Å². The summed E-state index contributed by atoms with van der Waals surface area (Å²) in [4.78, 5) is 2.51. The van der Waals surface area contributed by atoms with Crippen LogP contribution in [0.1, 0.15) is 18.0 Å². The molecule has 2 nitrogen and oxygen atoms in total. The maximum absolute atomic E-state index is 3.35. The molecule has 3 rings (SSSR count). The third kappa shape index (κ3) is 1.96. The highest BCUT2D eigenvalue weighted by Gasteiger charge is 2.33. The Morgan fingerprint density at radius 3 is 3.06 bits per heavy atom. The molecule has 96 valence electrons. The van der Waals surface area contributed by atoms with E-state index in [-0.39, 0.29) is 0 Å². The quantitative estimate of drug-likeness (QED) is 0.912. The first-order chi connectivity index (χ1) is 8.81. The van der Waals surface area contributed by atoms with Crippen LogP contribution >= 0.6 is 11.3 Å². The van der Waals surface area contributed by atoms with E-state index < -0.39 is 0 Å². The Balaban J connectivity index is 2.01.